The standard InChI is InChI=1S/C18H28N2O4/c1-5-23-17(21)15-12(2)16(14(4)19-13(15)3)18(22)24-11-10-20-8-6-7-9-20/h12,19H,5-11H2,1-4H3. The highest BCUT2D eigenvalue weighted by Gasteiger charge is 2.33. The van der Waals surface area contributed by atoms with Gasteiger partial charge in [-0.1, -0.05) is 6.92 Å². The van der Waals surface area contributed by atoms with E-state index in [0.717, 1.165) is 31.0 Å². The van der Waals surface area contributed by atoms with E-state index in [2.05, 4.69) is 10.2 Å². The highest BCUT2D eigenvalue weighted by Crippen LogP contribution is 2.30. The van der Waals surface area contributed by atoms with E-state index in [-0.39, 0.29) is 17.9 Å². The molecule has 0 aliphatic carbocycles. The Morgan fingerprint density at radius 3 is 2.17 bits per heavy atom. The molecule has 1 fully saturated rings. The third kappa shape index (κ3) is 4.17. The third-order valence-corrected chi connectivity index (χ3v) is 4.60. The van der Waals surface area contributed by atoms with Crippen molar-refractivity contribution in [2.45, 2.75) is 40.5 Å². The zero-order valence-electron chi connectivity index (χ0n) is 15.1. The van der Waals surface area contributed by atoms with E-state index in [1.54, 1.807) is 6.92 Å². The van der Waals surface area contributed by atoms with E-state index in [1.807, 2.05) is 20.8 Å². The van der Waals surface area contributed by atoms with Gasteiger partial charge in [-0.2, -0.15) is 0 Å². The minimum absolute atomic E-state index is 0.306. The molecule has 134 valence electrons. The molecule has 1 N–H and O–H groups in total. The first-order valence-corrected chi connectivity index (χ1v) is 8.70. The maximum absolute atomic E-state index is 12.5. The lowest BCUT2D eigenvalue weighted by Crippen LogP contribution is -2.33. The molecule has 2 rings (SSSR count). The Bertz CT molecular complexity index is 559. The van der Waals surface area contributed by atoms with Crippen molar-refractivity contribution in [3.63, 3.8) is 0 Å². The number of esters is 2. The number of carbonyl (C=O) groups is 2. The van der Waals surface area contributed by atoms with Crippen LogP contribution in [0.15, 0.2) is 22.5 Å². The molecule has 6 nitrogen and oxygen atoms in total. The molecule has 1 unspecified atom stereocenters. The van der Waals surface area contributed by atoms with Crippen LogP contribution >= 0.6 is 0 Å². The van der Waals surface area contributed by atoms with Gasteiger partial charge in [0.05, 0.1) is 17.8 Å². The van der Waals surface area contributed by atoms with Crippen LogP contribution in [0, 0.1) is 5.92 Å². The van der Waals surface area contributed by atoms with Crippen LogP contribution in [0.4, 0.5) is 0 Å². The molecule has 24 heavy (non-hydrogen) atoms. The Kier molecular flexibility index (Phi) is 6.43. The Labute approximate surface area is 143 Å². The molecule has 6 heteroatoms. The molecule has 0 spiro atoms. The molecule has 0 aromatic rings. The summed E-state index contributed by atoms with van der Waals surface area (Å²) in [6, 6.07) is 0. The Morgan fingerprint density at radius 2 is 1.62 bits per heavy atom. The van der Waals surface area contributed by atoms with Crippen molar-refractivity contribution in [3.05, 3.63) is 22.5 Å². The van der Waals surface area contributed by atoms with Gasteiger partial charge in [-0.15, -0.1) is 0 Å². The molecule has 2 heterocycles. The van der Waals surface area contributed by atoms with E-state index in [4.69, 9.17) is 9.47 Å². The molecular weight excluding hydrogens is 308 g/mol. The highest BCUT2D eigenvalue weighted by molar-refractivity contribution is 5.97. The molecule has 1 saturated heterocycles. The zero-order valence-corrected chi connectivity index (χ0v) is 15.1. The molecule has 0 radical (unpaired) electrons. The van der Waals surface area contributed by atoms with Crippen LogP contribution in [0.25, 0.3) is 0 Å². The summed E-state index contributed by atoms with van der Waals surface area (Å²) < 4.78 is 10.6. The van der Waals surface area contributed by atoms with Crippen molar-refractivity contribution in [2.24, 2.45) is 5.92 Å². The fourth-order valence-corrected chi connectivity index (χ4v) is 3.43. The molecule has 1 atom stereocenters. The first-order chi connectivity index (χ1) is 11.5. The summed E-state index contributed by atoms with van der Waals surface area (Å²) in [7, 11) is 0. The SMILES string of the molecule is CCOC(=O)C1=C(C)NC(C)=C(C(=O)OCCN2CCCC2)C1C. The van der Waals surface area contributed by atoms with Crippen LogP contribution in [0.2, 0.25) is 0 Å². The van der Waals surface area contributed by atoms with E-state index in [9.17, 15) is 9.59 Å². The molecule has 0 aromatic carbocycles. The highest BCUT2D eigenvalue weighted by atomic mass is 16.5. The van der Waals surface area contributed by atoms with Crippen LogP contribution in [-0.2, 0) is 19.1 Å². The van der Waals surface area contributed by atoms with Crippen LogP contribution in [0.3, 0.4) is 0 Å². The fourth-order valence-electron chi connectivity index (χ4n) is 3.43. The largest absolute Gasteiger partial charge is 0.463 e. The summed E-state index contributed by atoms with van der Waals surface area (Å²) in [6.45, 7) is 10.9. The summed E-state index contributed by atoms with van der Waals surface area (Å²) in [6.07, 6.45) is 2.43. The van der Waals surface area contributed by atoms with Crippen molar-refractivity contribution in [1.29, 1.82) is 0 Å². The van der Waals surface area contributed by atoms with Crippen molar-refractivity contribution in [2.75, 3.05) is 32.8 Å². The Hall–Kier alpha value is -1.82. The fraction of sp³-hybridized carbons (Fsp3) is 0.667. The summed E-state index contributed by atoms with van der Waals surface area (Å²) in [4.78, 5) is 27.0. The van der Waals surface area contributed by atoms with E-state index < -0.39 is 0 Å². The van der Waals surface area contributed by atoms with Gasteiger partial charge < -0.3 is 14.8 Å². The molecule has 0 amide bonds. The van der Waals surface area contributed by atoms with Crippen molar-refractivity contribution in [3.8, 4) is 0 Å². The monoisotopic (exact) mass is 336 g/mol. The average molecular weight is 336 g/mol. The number of ether oxygens (including phenoxy) is 2. The van der Waals surface area contributed by atoms with Gasteiger partial charge in [-0.25, -0.2) is 9.59 Å². The lowest BCUT2D eigenvalue weighted by molar-refractivity contribution is -0.140. The second-order valence-corrected chi connectivity index (χ2v) is 6.33. The molecule has 0 saturated carbocycles. The average Bonchev–Trinajstić information content (AvgIpc) is 3.00. The second-order valence-electron chi connectivity index (χ2n) is 6.33. The Morgan fingerprint density at radius 1 is 1.08 bits per heavy atom. The number of hydrogen-bond donors (Lipinski definition) is 1. The quantitative estimate of drug-likeness (QED) is 0.748. The molecule has 2 aliphatic heterocycles. The van der Waals surface area contributed by atoms with Gasteiger partial charge in [0.1, 0.15) is 6.61 Å². The van der Waals surface area contributed by atoms with Crippen LogP contribution in [0.5, 0.6) is 0 Å². The van der Waals surface area contributed by atoms with Crippen molar-refractivity contribution < 1.29 is 19.1 Å². The summed E-state index contributed by atoms with van der Waals surface area (Å²) in [5, 5.41) is 3.11. The van der Waals surface area contributed by atoms with Gasteiger partial charge in [-0.05, 0) is 46.7 Å². The maximum Gasteiger partial charge on any atom is 0.336 e. The number of rotatable bonds is 6. The Balaban J connectivity index is 2.00. The minimum atomic E-state index is -0.384. The molecule has 0 aromatic heterocycles. The number of nitrogens with zero attached hydrogens (tertiary/aromatic N) is 1. The second kappa shape index (κ2) is 8.33. The van der Waals surface area contributed by atoms with Crippen molar-refractivity contribution in [1.82, 2.24) is 10.2 Å². The van der Waals surface area contributed by atoms with Gasteiger partial charge in [0.25, 0.3) is 0 Å². The third-order valence-electron chi connectivity index (χ3n) is 4.60. The van der Waals surface area contributed by atoms with Gasteiger partial charge >= 0.3 is 11.9 Å². The van der Waals surface area contributed by atoms with Crippen LogP contribution < -0.4 is 5.32 Å². The number of dihydropyridines is 1. The summed E-state index contributed by atoms with van der Waals surface area (Å²) >= 11 is 0. The number of carbonyl (C=O) groups excluding carboxylic acids is 2. The van der Waals surface area contributed by atoms with Crippen LogP contribution in [0.1, 0.15) is 40.5 Å². The number of hydrogen-bond acceptors (Lipinski definition) is 6. The van der Waals surface area contributed by atoms with E-state index in [1.165, 1.54) is 12.8 Å². The zero-order chi connectivity index (χ0) is 17.7. The van der Waals surface area contributed by atoms with Gasteiger partial charge in [0, 0.05) is 23.9 Å². The normalized spacial score (nSPS) is 21.8. The van der Waals surface area contributed by atoms with Gasteiger partial charge in [0.2, 0.25) is 0 Å². The first kappa shape index (κ1) is 18.5. The first-order valence-electron chi connectivity index (χ1n) is 8.70. The number of nitrogens with one attached hydrogen (secondary N) is 1. The number of allylic oxidation sites excluding steroid dienone is 2. The molecule has 0 bridgehead atoms. The van der Waals surface area contributed by atoms with Gasteiger partial charge in [-0.3, -0.25) is 4.90 Å². The van der Waals surface area contributed by atoms with E-state index in [0.29, 0.717) is 24.4 Å². The van der Waals surface area contributed by atoms with E-state index >= 15 is 0 Å². The van der Waals surface area contributed by atoms with Gasteiger partial charge in [0.15, 0.2) is 0 Å². The molecule has 2 aliphatic rings. The lowest BCUT2D eigenvalue weighted by Gasteiger charge is -2.27. The topological polar surface area (TPSA) is 67.9 Å². The maximum atomic E-state index is 12.5. The minimum Gasteiger partial charge on any atom is -0.463 e. The predicted octanol–water partition coefficient (Wildman–Crippen LogP) is 1.98. The smallest absolute Gasteiger partial charge is 0.336 e. The molecular formula is C18H28N2O4. The number of likely N-dealkylation sites (tertiary alicyclic amines) is 1. The van der Waals surface area contributed by atoms with Crippen LogP contribution in [-0.4, -0.2) is 49.7 Å². The summed E-state index contributed by atoms with van der Waals surface area (Å²) in [5.74, 6) is -1.09. The predicted molar refractivity (Wildman–Crippen MR) is 91.0 cm³/mol. The summed E-state index contributed by atoms with van der Waals surface area (Å²) in [5.41, 5.74) is 2.46. The van der Waals surface area contributed by atoms with Crippen molar-refractivity contribution >= 4 is 11.9 Å². The lowest BCUT2D eigenvalue weighted by atomic mass is 9.87.